The first kappa shape index (κ1) is 17.4. The predicted octanol–water partition coefficient (Wildman–Crippen LogP) is 2.79. The number of nitrogens with one attached hydrogen (secondary N) is 1. The molecule has 0 aliphatic heterocycles. The van der Waals surface area contributed by atoms with Gasteiger partial charge in [0, 0.05) is 12.0 Å². The Morgan fingerprint density at radius 1 is 1.16 bits per heavy atom. The molecule has 1 unspecified atom stereocenters. The monoisotopic (exact) mass is 263 g/mol. The average Bonchev–Trinajstić information content (AvgIpc) is 2.36. The molecule has 0 fully saturated rings. The Hall–Kier alpha value is -1.61. The molecule has 0 bridgehead atoms. The second-order valence-electron chi connectivity index (χ2n) is 4.81. The van der Waals surface area contributed by atoms with Gasteiger partial charge in [-0.25, -0.2) is 0 Å². The first-order valence-electron chi connectivity index (χ1n) is 6.62. The van der Waals surface area contributed by atoms with Crippen LogP contribution >= 0.6 is 0 Å². The molecule has 0 aromatic carbocycles. The van der Waals surface area contributed by atoms with E-state index in [0.717, 1.165) is 26.1 Å². The summed E-state index contributed by atoms with van der Waals surface area (Å²) in [7, 11) is 0. The molecule has 0 saturated heterocycles. The van der Waals surface area contributed by atoms with E-state index in [2.05, 4.69) is 38.6 Å². The lowest BCUT2D eigenvalue weighted by molar-refractivity contribution is -0.938. The number of hydrogen-bond acceptors (Lipinski definition) is 1. The largest absolute Gasteiger partial charge is 0.303 e. The fourth-order valence-corrected chi connectivity index (χ4v) is 2.28. The smallest absolute Gasteiger partial charge is 0.250 e. The fraction of sp³-hybridized carbons (Fsp3) is 0.438. The quantitative estimate of drug-likeness (QED) is 0.279. The summed E-state index contributed by atoms with van der Waals surface area (Å²) in [5.41, 5.74) is 0.521. The van der Waals surface area contributed by atoms with Gasteiger partial charge in [0.25, 0.3) is 5.91 Å². The van der Waals surface area contributed by atoms with Gasteiger partial charge in [-0.05, 0) is 25.2 Å². The van der Waals surface area contributed by atoms with E-state index >= 15 is 0 Å². The van der Waals surface area contributed by atoms with Crippen molar-refractivity contribution in [2.45, 2.75) is 26.4 Å². The van der Waals surface area contributed by atoms with E-state index in [4.69, 9.17) is 0 Å². The van der Waals surface area contributed by atoms with Crippen LogP contribution in [0.25, 0.3) is 0 Å². The number of hydrogen-bond donors (Lipinski definition) is 1. The maximum atomic E-state index is 11.9. The van der Waals surface area contributed by atoms with Crippen LogP contribution in [0.3, 0.4) is 0 Å². The Morgan fingerprint density at radius 3 is 1.84 bits per heavy atom. The summed E-state index contributed by atoms with van der Waals surface area (Å²) < 4.78 is 0.659. The lowest BCUT2D eigenvalue weighted by atomic mass is 10.2. The van der Waals surface area contributed by atoms with Gasteiger partial charge < -0.3 is 5.32 Å². The number of carbonyl (C=O) groups excluding carboxylic acids is 1. The van der Waals surface area contributed by atoms with Crippen molar-refractivity contribution in [3.63, 3.8) is 0 Å². The zero-order chi connectivity index (χ0) is 14.9. The van der Waals surface area contributed by atoms with E-state index in [0.29, 0.717) is 10.1 Å². The maximum absolute atomic E-state index is 11.9. The van der Waals surface area contributed by atoms with Crippen LogP contribution in [0.4, 0.5) is 0 Å². The normalized spacial score (nSPS) is 12.3. The molecule has 106 valence electrons. The molecule has 0 saturated carbocycles. The topological polar surface area (TPSA) is 29.1 Å². The number of rotatable bonds is 10. The number of quaternary nitrogens is 1. The van der Waals surface area contributed by atoms with Crippen LogP contribution in [0.2, 0.25) is 0 Å². The van der Waals surface area contributed by atoms with Crippen LogP contribution in [-0.4, -0.2) is 36.2 Å². The second-order valence-corrected chi connectivity index (χ2v) is 4.81. The number of amides is 1. The average molecular weight is 263 g/mol. The molecule has 0 heterocycles. The highest BCUT2D eigenvalue weighted by molar-refractivity contribution is 5.92. The van der Waals surface area contributed by atoms with Gasteiger partial charge in [0.15, 0.2) is 6.17 Å². The molecule has 3 nitrogen and oxygen atoms in total. The molecule has 1 atom stereocenters. The summed E-state index contributed by atoms with van der Waals surface area (Å²) >= 11 is 0. The highest BCUT2D eigenvalue weighted by Crippen LogP contribution is 2.16. The minimum atomic E-state index is -0.105. The van der Waals surface area contributed by atoms with Crippen LogP contribution in [0.1, 0.15) is 20.3 Å². The number of carbonyl (C=O) groups is 1. The highest BCUT2D eigenvalue weighted by atomic mass is 16.2. The molecule has 0 radical (unpaired) electrons. The first-order chi connectivity index (χ1) is 8.97. The van der Waals surface area contributed by atoms with Gasteiger partial charge in [-0.2, -0.15) is 0 Å². The number of nitrogens with zero attached hydrogens (tertiary/aromatic N) is 1. The zero-order valence-corrected chi connectivity index (χ0v) is 12.3. The Balaban J connectivity index is 5.29. The molecule has 0 aliphatic rings. The molecular weight excluding hydrogens is 236 g/mol. The van der Waals surface area contributed by atoms with Crippen LogP contribution in [0.5, 0.6) is 0 Å². The van der Waals surface area contributed by atoms with Crippen molar-refractivity contribution in [1.29, 1.82) is 0 Å². The van der Waals surface area contributed by atoms with Crippen molar-refractivity contribution in [1.82, 2.24) is 5.32 Å². The predicted molar refractivity (Wildman–Crippen MR) is 82.5 cm³/mol. The minimum Gasteiger partial charge on any atom is -0.303 e. The van der Waals surface area contributed by atoms with E-state index in [-0.39, 0.29) is 12.1 Å². The third-order valence-corrected chi connectivity index (χ3v) is 3.21. The van der Waals surface area contributed by atoms with E-state index in [1.54, 1.807) is 6.92 Å². The molecule has 1 amide bonds. The third-order valence-electron chi connectivity index (χ3n) is 3.21. The first-order valence-corrected chi connectivity index (χ1v) is 6.62. The fourth-order valence-electron chi connectivity index (χ4n) is 2.28. The Labute approximate surface area is 117 Å². The van der Waals surface area contributed by atoms with Crippen molar-refractivity contribution >= 4 is 5.91 Å². The van der Waals surface area contributed by atoms with Crippen molar-refractivity contribution in [3.05, 3.63) is 50.1 Å². The zero-order valence-electron chi connectivity index (χ0n) is 12.3. The summed E-state index contributed by atoms with van der Waals surface area (Å²) in [6.07, 6.45) is 6.46. The summed E-state index contributed by atoms with van der Waals surface area (Å²) in [6.45, 7) is 21.2. The molecule has 0 spiro atoms. The van der Waals surface area contributed by atoms with Crippen molar-refractivity contribution < 1.29 is 9.28 Å². The molecule has 19 heavy (non-hydrogen) atoms. The summed E-state index contributed by atoms with van der Waals surface area (Å²) in [4.78, 5) is 11.9. The van der Waals surface area contributed by atoms with E-state index in [1.807, 2.05) is 18.2 Å². The van der Waals surface area contributed by atoms with Crippen molar-refractivity contribution in [2.24, 2.45) is 0 Å². The second kappa shape index (κ2) is 8.48. The summed E-state index contributed by atoms with van der Waals surface area (Å²) in [5.74, 6) is -0.105. The molecule has 3 heteroatoms. The van der Waals surface area contributed by atoms with E-state index in [1.165, 1.54) is 0 Å². The summed E-state index contributed by atoms with van der Waals surface area (Å²) in [5, 5.41) is 3.05. The standard InChI is InChI=1S/C16H26N2O/c1-7-11-18(12-8-2,13-9-3)15(10-4)17-16(19)14(5)6/h7-9,15H,1-3,5,10-13H2,4,6H3/p+1. The SMILES string of the molecule is C=CC[N+](CC=C)(CC=C)C(CC)NC(=O)C(=C)C. The van der Waals surface area contributed by atoms with E-state index in [9.17, 15) is 4.79 Å². The molecule has 0 aromatic rings. The van der Waals surface area contributed by atoms with Crippen LogP contribution < -0.4 is 5.32 Å². The maximum Gasteiger partial charge on any atom is 0.250 e. The molecule has 0 aromatic heterocycles. The highest BCUT2D eigenvalue weighted by Gasteiger charge is 2.33. The van der Waals surface area contributed by atoms with Crippen molar-refractivity contribution in [3.8, 4) is 0 Å². The van der Waals surface area contributed by atoms with Crippen LogP contribution in [-0.2, 0) is 4.79 Å². The van der Waals surface area contributed by atoms with Crippen LogP contribution in [0, 0.1) is 0 Å². The van der Waals surface area contributed by atoms with Gasteiger partial charge >= 0.3 is 0 Å². The molecule has 0 aliphatic carbocycles. The lowest BCUT2D eigenvalue weighted by Gasteiger charge is -2.43. The lowest BCUT2D eigenvalue weighted by Crippen LogP contribution is -2.62. The van der Waals surface area contributed by atoms with Crippen LogP contribution in [0.15, 0.2) is 50.1 Å². The van der Waals surface area contributed by atoms with Gasteiger partial charge in [0.05, 0.1) is 19.6 Å². The van der Waals surface area contributed by atoms with Gasteiger partial charge in [0.1, 0.15) is 0 Å². The van der Waals surface area contributed by atoms with Gasteiger partial charge in [0.2, 0.25) is 0 Å². The Morgan fingerprint density at radius 2 is 1.58 bits per heavy atom. The van der Waals surface area contributed by atoms with Crippen molar-refractivity contribution in [2.75, 3.05) is 19.6 Å². The van der Waals surface area contributed by atoms with E-state index < -0.39 is 0 Å². The molecule has 1 N–H and O–H groups in total. The van der Waals surface area contributed by atoms with Gasteiger partial charge in [-0.15, -0.1) is 0 Å². The Kier molecular flexibility index (Phi) is 7.77. The van der Waals surface area contributed by atoms with Gasteiger partial charge in [-0.1, -0.05) is 33.2 Å². The molecule has 0 rings (SSSR count). The minimum absolute atomic E-state index is 0.00167. The third kappa shape index (κ3) is 4.87. The van der Waals surface area contributed by atoms with Gasteiger partial charge in [-0.3, -0.25) is 9.28 Å². The Bertz CT molecular complexity index is 331. The summed E-state index contributed by atoms with van der Waals surface area (Å²) in [6, 6.07) is 0. The molecular formula is C16H27N2O+.